The van der Waals surface area contributed by atoms with Crippen LogP contribution in [0, 0.1) is 11.8 Å². The van der Waals surface area contributed by atoms with Crippen molar-refractivity contribution in [3.63, 3.8) is 0 Å². The number of rotatable bonds is 6. The predicted molar refractivity (Wildman–Crippen MR) is 45.0 cm³/mol. The highest BCUT2D eigenvalue weighted by Gasteiger charge is 2.35. The summed E-state index contributed by atoms with van der Waals surface area (Å²) in [4.78, 5) is 10.5. The molecule has 82 valence electrons. The molecule has 3 nitrogen and oxygen atoms in total. The minimum absolute atomic E-state index is 0.130. The highest BCUT2D eigenvalue weighted by atomic mass is 19.3. The third kappa shape index (κ3) is 3.57. The van der Waals surface area contributed by atoms with Gasteiger partial charge < -0.3 is 9.84 Å². The van der Waals surface area contributed by atoms with E-state index in [1.54, 1.807) is 0 Å². The Morgan fingerprint density at radius 2 is 2.14 bits per heavy atom. The molecular formula is C9H14F2O3. The smallest absolute Gasteiger partial charge is 0.345 e. The molecule has 0 amide bonds. The second kappa shape index (κ2) is 4.68. The van der Waals surface area contributed by atoms with Crippen molar-refractivity contribution in [3.05, 3.63) is 0 Å². The van der Waals surface area contributed by atoms with Crippen molar-refractivity contribution >= 4 is 5.97 Å². The van der Waals surface area contributed by atoms with Gasteiger partial charge in [-0.1, -0.05) is 6.92 Å². The van der Waals surface area contributed by atoms with Gasteiger partial charge in [0.05, 0.1) is 12.0 Å². The molecule has 0 saturated heterocycles. The molecule has 0 aromatic heterocycles. The molecule has 0 aromatic carbocycles. The minimum atomic E-state index is -2.80. The molecule has 0 bridgehead atoms. The van der Waals surface area contributed by atoms with Crippen molar-refractivity contribution in [3.8, 4) is 0 Å². The van der Waals surface area contributed by atoms with E-state index in [2.05, 4.69) is 4.74 Å². The topological polar surface area (TPSA) is 46.5 Å². The van der Waals surface area contributed by atoms with Crippen molar-refractivity contribution < 1.29 is 23.4 Å². The predicted octanol–water partition coefficient (Wildman–Crippen LogP) is 2.12. The number of hydrogen-bond donors (Lipinski definition) is 1. The largest absolute Gasteiger partial charge is 0.481 e. The highest BCUT2D eigenvalue weighted by molar-refractivity contribution is 5.69. The molecule has 5 heteroatoms. The molecule has 14 heavy (non-hydrogen) atoms. The van der Waals surface area contributed by atoms with Crippen LogP contribution in [0.15, 0.2) is 0 Å². The standard InChI is InChI=1S/C9H14F2O3/c1-5(8(12)13)4-7(6-2-3-6)14-9(10)11/h5-7,9H,2-4H2,1H3,(H,12,13). The van der Waals surface area contributed by atoms with E-state index in [-0.39, 0.29) is 12.3 Å². The summed E-state index contributed by atoms with van der Waals surface area (Å²) in [6.07, 6.45) is 1.30. The van der Waals surface area contributed by atoms with Crippen LogP contribution in [0.5, 0.6) is 0 Å². The maximum atomic E-state index is 12.0. The quantitative estimate of drug-likeness (QED) is 0.727. The first kappa shape index (κ1) is 11.4. The summed E-state index contributed by atoms with van der Waals surface area (Å²) in [7, 11) is 0. The Bertz CT molecular complexity index is 204. The number of aliphatic carboxylic acids is 1. The molecule has 1 aliphatic rings. The Labute approximate surface area is 81.1 Å². The molecule has 0 spiro atoms. The van der Waals surface area contributed by atoms with Crippen molar-refractivity contribution in [1.82, 2.24) is 0 Å². The van der Waals surface area contributed by atoms with Crippen molar-refractivity contribution in [1.29, 1.82) is 0 Å². The second-order valence-electron chi connectivity index (χ2n) is 3.75. The minimum Gasteiger partial charge on any atom is -0.481 e. The van der Waals surface area contributed by atoms with Crippen molar-refractivity contribution in [2.75, 3.05) is 0 Å². The zero-order valence-electron chi connectivity index (χ0n) is 7.95. The van der Waals surface area contributed by atoms with Gasteiger partial charge in [0.15, 0.2) is 0 Å². The molecule has 0 radical (unpaired) electrons. The van der Waals surface area contributed by atoms with Gasteiger partial charge in [-0.3, -0.25) is 4.79 Å². The first-order valence-corrected chi connectivity index (χ1v) is 4.67. The number of alkyl halides is 2. The molecule has 2 atom stereocenters. The molecule has 1 fully saturated rings. The van der Waals surface area contributed by atoms with Crippen LogP contribution in [0.2, 0.25) is 0 Å². The Morgan fingerprint density at radius 3 is 2.50 bits per heavy atom. The molecule has 0 aromatic rings. The van der Waals surface area contributed by atoms with E-state index in [1.807, 2.05) is 0 Å². The van der Waals surface area contributed by atoms with Crippen LogP contribution in [0.25, 0.3) is 0 Å². The Balaban J connectivity index is 2.38. The van der Waals surface area contributed by atoms with Crippen LogP contribution < -0.4 is 0 Å². The van der Waals surface area contributed by atoms with E-state index in [0.717, 1.165) is 12.8 Å². The fraction of sp³-hybridized carbons (Fsp3) is 0.889. The third-order valence-corrected chi connectivity index (χ3v) is 2.43. The van der Waals surface area contributed by atoms with Gasteiger partial charge in [-0.2, -0.15) is 8.78 Å². The summed E-state index contributed by atoms with van der Waals surface area (Å²) in [6.45, 7) is -1.30. The monoisotopic (exact) mass is 208 g/mol. The summed E-state index contributed by atoms with van der Waals surface area (Å²) in [6, 6.07) is 0. The SMILES string of the molecule is CC(CC(OC(F)F)C1CC1)C(=O)O. The number of hydrogen-bond acceptors (Lipinski definition) is 2. The number of carbonyl (C=O) groups is 1. The zero-order chi connectivity index (χ0) is 10.7. The van der Waals surface area contributed by atoms with Gasteiger partial charge >= 0.3 is 12.6 Å². The number of ether oxygens (including phenoxy) is 1. The van der Waals surface area contributed by atoms with Gasteiger partial charge in [0, 0.05) is 0 Å². The van der Waals surface area contributed by atoms with Crippen LogP contribution in [0.3, 0.4) is 0 Å². The number of halogens is 2. The molecule has 2 unspecified atom stereocenters. The lowest BCUT2D eigenvalue weighted by atomic mass is 10.0. The maximum absolute atomic E-state index is 12.0. The van der Waals surface area contributed by atoms with E-state index < -0.39 is 24.6 Å². The molecule has 0 aliphatic heterocycles. The van der Waals surface area contributed by atoms with Crippen LogP contribution in [-0.2, 0) is 9.53 Å². The van der Waals surface area contributed by atoms with Crippen molar-refractivity contribution in [2.24, 2.45) is 11.8 Å². The number of carboxylic acids is 1. The van der Waals surface area contributed by atoms with Crippen LogP contribution in [0.1, 0.15) is 26.2 Å². The zero-order valence-corrected chi connectivity index (χ0v) is 7.95. The Kier molecular flexibility index (Phi) is 3.80. The average Bonchev–Trinajstić information content (AvgIpc) is 2.83. The van der Waals surface area contributed by atoms with Gasteiger partial charge in [-0.15, -0.1) is 0 Å². The van der Waals surface area contributed by atoms with Gasteiger partial charge in [0.25, 0.3) is 0 Å². The van der Waals surface area contributed by atoms with Crippen molar-refractivity contribution in [2.45, 2.75) is 38.9 Å². The lowest BCUT2D eigenvalue weighted by Gasteiger charge is -2.18. The van der Waals surface area contributed by atoms with Crippen LogP contribution in [0.4, 0.5) is 8.78 Å². The fourth-order valence-electron chi connectivity index (χ4n) is 1.41. The summed E-state index contributed by atoms with van der Waals surface area (Å²) in [5.74, 6) is -1.46. The first-order chi connectivity index (χ1) is 6.50. The molecule has 0 heterocycles. The molecule has 1 aliphatic carbocycles. The molecule has 1 saturated carbocycles. The van der Waals surface area contributed by atoms with Gasteiger partial charge in [0.2, 0.25) is 0 Å². The van der Waals surface area contributed by atoms with Gasteiger partial charge in [-0.25, -0.2) is 0 Å². The normalized spacial score (nSPS) is 20.9. The Hall–Kier alpha value is -0.710. The summed E-state index contributed by atoms with van der Waals surface area (Å²) in [5.41, 5.74) is 0. The summed E-state index contributed by atoms with van der Waals surface area (Å²) in [5, 5.41) is 8.62. The van der Waals surface area contributed by atoms with Crippen LogP contribution in [-0.4, -0.2) is 23.8 Å². The third-order valence-electron chi connectivity index (χ3n) is 2.43. The Morgan fingerprint density at radius 1 is 1.57 bits per heavy atom. The van der Waals surface area contributed by atoms with E-state index in [4.69, 9.17) is 5.11 Å². The van der Waals surface area contributed by atoms with E-state index in [0.29, 0.717) is 0 Å². The maximum Gasteiger partial charge on any atom is 0.345 e. The number of carboxylic acid groups (broad SMARTS) is 1. The van der Waals surface area contributed by atoms with Crippen LogP contribution >= 0.6 is 0 Å². The van der Waals surface area contributed by atoms with E-state index >= 15 is 0 Å². The lowest BCUT2D eigenvalue weighted by Crippen LogP contribution is -2.24. The molecule has 1 N–H and O–H groups in total. The second-order valence-corrected chi connectivity index (χ2v) is 3.75. The molecule has 1 rings (SSSR count). The lowest BCUT2D eigenvalue weighted by molar-refractivity contribution is -0.175. The van der Waals surface area contributed by atoms with E-state index in [9.17, 15) is 13.6 Å². The van der Waals surface area contributed by atoms with Gasteiger partial charge in [-0.05, 0) is 25.2 Å². The highest BCUT2D eigenvalue weighted by Crippen LogP contribution is 2.37. The van der Waals surface area contributed by atoms with Gasteiger partial charge in [0.1, 0.15) is 0 Å². The summed E-state index contributed by atoms with van der Waals surface area (Å²) < 4.78 is 28.3. The summed E-state index contributed by atoms with van der Waals surface area (Å²) >= 11 is 0. The molecular weight excluding hydrogens is 194 g/mol. The average molecular weight is 208 g/mol. The fourth-order valence-corrected chi connectivity index (χ4v) is 1.41. The first-order valence-electron chi connectivity index (χ1n) is 4.67. The van der Waals surface area contributed by atoms with E-state index in [1.165, 1.54) is 6.92 Å².